The molecule has 2 heterocycles. The van der Waals surface area contributed by atoms with E-state index in [0.717, 1.165) is 29.1 Å². The number of hydrogen-bond acceptors (Lipinski definition) is 4. The Balaban J connectivity index is 1.43. The van der Waals surface area contributed by atoms with Crippen LogP contribution < -0.4 is 20.3 Å². The summed E-state index contributed by atoms with van der Waals surface area (Å²) in [6.07, 6.45) is 3.83. The largest absolute Gasteiger partial charge is 0.496 e. The van der Waals surface area contributed by atoms with Crippen molar-refractivity contribution in [3.05, 3.63) is 59.2 Å². The second-order valence-electron chi connectivity index (χ2n) is 9.83. The van der Waals surface area contributed by atoms with Crippen molar-refractivity contribution in [3.63, 3.8) is 0 Å². The van der Waals surface area contributed by atoms with Gasteiger partial charge in [-0.2, -0.15) is 0 Å². The quantitative estimate of drug-likeness (QED) is 0.771. The van der Waals surface area contributed by atoms with E-state index >= 15 is 0 Å². The Bertz CT molecular complexity index is 988. The predicted molar refractivity (Wildman–Crippen MR) is 124 cm³/mol. The first-order valence-electron chi connectivity index (χ1n) is 11.5. The molecule has 0 bridgehead atoms. The number of rotatable bonds is 5. The van der Waals surface area contributed by atoms with Gasteiger partial charge in [-0.3, -0.25) is 4.79 Å². The number of carbonyl (C=O) groups excluding carboxylic acids is 1. The first kappa shape index (κ1) is 20.5. The maximum absolute atomic E-state index is 12.7. The van der Waals surface area contributed by atoms with Gasteiger partial charge in [-0.25, -0.2) is 0 Å². The van der Waals surface area contributed by atoms with Crippen LogP contribution in [-0.2, 0) is 16.8 Å². The molecule has 0 radical (unpaired) electrons. The zero-order chi connectivity index (χ0) is 21.8. The van der Waals surface area contributed by atoms with Crippen LogP contribution in [0.15, 0.2) is 42.5 Å². The highest BCUT2D eigenvalue weighted by molar-refractivity contribution is 6.07. The Hall–Kier alpha value is -2.37. The number of fused-ring (bicyclic) bond motifs is 2. The first-order valence-corrected chi connectivity index (χ1v) is 11.5. The summed E-state index contributed by atoms with van der Waals surface area (Å²) in [6.45, 7) is 4.75. The fourth-order valence-corrected chi connectivity index (χ4v) is 6.03. The highest BCUT2D eigenvalue weighted by Gasteiger charge is 2.46. The standard InChI is InChI=1S/C26H33N3O2/c1-26(2)19-13-17(22(31-4)14-21(19)29(3)25(26)30)15-27-24-18-11-8-12-20(18)28-23(24)16-9-6-5-7-10-16/h5-7,9-10,13-14,18,20,23-24,27-28H,8,11-12,15H2,1-4H3. The molecule has 31 heavy (non-hydrogen) atoms. The van der Waals surface area contributed by atoms with Crippen molar-refractivity contribution in [1.82, 2.24) is 10.6 Å². The molecule has 0 aromatic heterocycles. The summed E-state index contributed by atoms with van der Waals surface area (Å²) in [5.41, 5.74) is 3.99. The first-order chi connectivity index (χ1) is 14.9. The summed E-state index contributed by atoms with van der Waals surface area (Å²) in [4.78, 5) is 14.5. The van der Waals surface area contributed by atoms with Crippen molar-refractivity contribution in [2.75, 3.05) is 19.1 Å². The molecule has 2 aromatic rings. The van der Waals surface area contributed by atoms with Crippen LogP contribution in [0.2, 0.25) is 0 Å². The maximum Gasteiger partial charge on any atom is 0.236 e. The molecule has 2 aromatic carbocycles. The predicted octanol–water partition coefficient (Wildman–Crippen LogP) is 3.92. The number of carbonyl (C=O) groups is 1. The van der Waals surface area contributed by atoms with Crippen LogP contribution in [0.4, 0.5) is 5.69 Å². The molecule has 2 aliphatic heterocycles. The van der Waals surface area contributed by atoms with Gasteiger partial charge in [-0.05, 0) is 49.8 Å². The van der Waals surface area contributed by atoms with Gasteiger partial charge in [0.15, 0.2) is 0 Å². The molecule has 5 heteroatoms. The lowest BCUT2D eigenvalue weighted by Crippen LogP contribution is -2.38. The van der Waals surface area contributed by atoms with Crippen LogP contribution in [-0.4, -0.2) is 32.1 Å². The van der Waals surface area contributed by atoms with E-state index in [1.165, 1.54) is 24.8 Å². The normalized spacial score (nSPS) is 28.6. The minimum atomic E-state index is -0.511. The van der Waals surface area contributed by atoms with Crippen LogP contribution in [0.3, 0.4) is 0 Å². The molecule has 5 nitrogen and oxygen atoms in total. The lowest BCUT2D eigenvalue weighted by molar-refractivity contribution is -0.121. The molecule has 4 atom stereocenters. The zero-order valence-corrected chi connectivity index (χ0v) is 18.9. The van der Waals surface area contributed by atoms with Crippen LogP contribution >= 0.6 is 0 Å². The Kier molecular flexibility index (Phi) is 5.06. The van der Waals surface area contributed by atoms with Crippen LogP contribution in [0.25, 0.3) is 0 Å². The minimum Gasteiger partial charge on any atom is -0.496 e. The molecular formula is C26H33N3O2. The van der Waals surface area contributed by atoms with Crippen LogP contribution in [0.1, 0.15) is 55.8 Å². The summed E-state index contributed by atoms with van der Waals surface area (Å²) in [6, 6.07) is 16.3. The second-order valence-corrected chi connectivity index (χ2v) is 9.83. The molecule has 2 N–H and O–H groups in total. The van der Waals surface area contributed by atoms with Crippen molar-refractivity contribution < 1.29 is 9.53 Å². The number of ether oxygens (including phenoxy) is 1. The number of anilines is 1. The lowest BCUT2D eigenvalue weighted by atomic mass is 9.85. The molecule has 1 saturated carbocycles. The molecule has 1 aliphatic carbocycles. The molecule has 164 valence electrons. The monoisotopic (exact) mass is 419 g/mol. The number of hydrogen-bond donors (Lipinski definition) is 2. The highest BCUT2D eigenvalue weighted by atomic mass is 16.5. The van der Waals surface area contributed by atoms with Crippen molar-refractivity contribution in [2.24, 2.45) is 5.92 Å². The molecule has 1 amide bonds. The zero-order valence-electron chi connectivity index (χ0n) is 18.9. The summed E-state index contributed by atoms with van der Waals surface area (Å²) in [5, 5.41) is 7.80. The third-order valence-electron chi connectivity index (χ3n) is 7.74. The van der Waals surface area contributed by atoms with Gasteiger partial charge in [-0.15, -0.1) is 0 Å². The summed E-state index contributed by atoms with van der Waals surface area (Å²) in [7, 11) is 3.56. The molecule has 1 saturated heterocycles. The van der Waals surface area contributed by atoms with E-state index in [9.17, 15) is 4.79 Å². The summed E-state index contributed by atoms with van der Waals surface area (Å²) >= 11 is 0. The third-order valence-corrected chi connectivity index (χ3v) is 7.74. The Morgan fingerprint density at radius 1 is 1.19 bits per heavy atom. The van der Waals surface area contributed by atoms with Gasteiger partial charge in [0.2, 0.25) is 5.91 Å². The van der Waals surface area contributed by atoms with E-state index in [-0.39, 0.29) is 5.91 Å². The summed E-state index contributed by atoms with van der Waals surface area (Å²) in [5.74, 6) is 1.62. The number of likely N-dealkylation sites (N-methyl/N-ethyl adjacent to an activating group) is 1. The van der Waals surface area contributed by atoms with Gasteiger partial charge in [0, 0.05) is 43.3 Å². The molecular weight excluding hydrogens is 386 g/mol. The Labute approximate surface area is 185 Å². The van der Waals surface area contributed by atoms with Gasteiger partial charge < -0.3 is 20.3 Å². The summed E-state index contributed by atoms with van der Waals surface area (Å²) < 4.78 is 5.74. The Morgan fingerprint density at radius 2 is 1.97 bits per heavy atom. The van der Waals surface area contributed by atoms with Crippen molar-refractivity contribution in [3.8, 4) is 5.75 Å². The lowest BCUT2D eigenvalue weighted by Gasteiger charge is -2.26. The smallest absolute Gasteiger partial charge is 0.236 e. The molecule has 2 fully saturated rings. The molecule has 0 spiro atoms. The number of methoxy groups -OCH3 is 1. The van der Waals surface area contributed by atoms with Crippen LogP contribution in [0, 0.1) is 5.92 Å². The number of benzene rings is 2. The van der Waals surface area contributed by atoms with E-state index in [1.807, 2.05) is 27.0 Å². The average Bonchev–Trinajstić information content (AvgIpc) is 3.42. The molecule has 5 rings (SSSR count). The van der Waals surface area contributed by atoms with Crippen molar-refractivity contribution >= 4 is 11.6 Å². The number of nitrogens with one attached hydrogen (secondary N) is 2. The van der Waals surface area contributed by atoms with Gasteiger partial charge in [-0.1, -0.05) is 36.8 Å². The Morgan fingerprint density at radius 3 is 2.71 bits per heavy atom. The van der Waals surface area contributed by atoms with Gasteiger partial charge in [0.1, 0.15) is 5.75 Å². The minimum absolute atomic E-state index is 0.132. The van der Waals surface area contributed by atoms with E-state index < -0.39 is 5.41 Å². The van der Waals surface area contributed by atoms with E-state index in [2.05, 4.69) is 47.0 Å². The molecule has 3 aliphatic rings. The van der Waals surface area contributed by atoms with E-state index in [1.54, 1.807) is 12.0 Å². The van der Waals surface area contributed by atoms with Gasteiger partial charge in [0.25, 0.3) is 0 Å². The van der Waals surface area contributed by atoms with Gasteiger partial charge >= 0.3 is 0 Å². The van der Waals surface area contributed by atoms with Crippen LogP contribution in [0.5, 0.6) is 5.75 Å². The number of amides is 1. The maximum atomic E-state index is 12.7. The van der Waals surface area contributed by atoms with Crippen molar-refractivity contribution in [1.29, 1.82) is 0 Å². The average molecular weight is 420 g/mol. The van der Waals surface area contributed by atoms with Crippen molar-refractivity contribution in [2.45, 2.75) is 63.2 Å². The highest BCUT2D eigenvalue weighted by Crippen LogP contribution is 2.45. The van der Waals surface area contributed by atoms with Gasteiger partial charge in [0.05, 0.1) is 18.2 Å². The van der Waals surface area contributed by atoms with E-state index in [0.29, 0.717) is 24.0 Å². The molecule has 4 unspecified atom stereocenters. The van der Waals surface area contributed by atoms with E-state index in [4.69, 9.17) is 4.74 Å². The topological polar surface area (TPSA) is 53.6 Å². The SMILES string of the molecule is COc1cc2c(cc1CNC1C(c3ccccc3)NC3CCCC31)C(C)(C)C(=O)N2C. The second kappa shape index (κ2) is 7.64. The third kappa shape index (κ3) is 3.26. The number of nitrogens with zero attached hydrogens (tertiary/aromatic N) is 1. The fourth-order valence-electron chi connectivity index (χ4n) is 6.03. The fraction of sp³-hybridized carbons (Fsp3) is 0.500.